The van der Waals surface area contributed by atoms with Gasteiger partial charge >= 0.3 is 0 Å². The molecule has 1 amide bonds. The van der Waals surface area contributed by atoms with E-state index in [-0.39, 0.29) is 18.5 Å². The highest BCUT2D eigenvalue weighted by atomic mass is 32.2. The molecule has 7 nitrogen and oxygen atoms in total. The number of sulfone groups is 1. The molecule has 2 rings (SSSR count). The number of aryl methyl sites for hydroxylation is 1. The maximum absolute atomic E-state index is 12.3. The maximum atomic E-state index is 12.3. The first-order valence-electron chi connectivity index (χ1n) is 8.23. The summed E-state index contributed by atoms with van der Waals surface area (Å²) in [5, 5.41) is 8.83. The molecule has 1 aliphatic rings. The molecule has 0 bridgehead atoms. The molecule has 0 aliphatic heterocycles. The van der Waals surface area contributed by atoms with E-state index >= 15 is 0 Å². The van der Waals surface area contributed by atoms with Gasteiger partial charge in [-0.25, -0.2) is 13.9 Å². The molecule has 0 radical (unpaired) electrons. The number of allylic oxidation sites excluding steroid dienone is 2. The lowest BCUT2D eigenvalue weighted by Gasteiger charge is -2.25. The van der Waals surface area contributed by atoms with Crippen LogP contribution in [0.4, 0.5) is 0 Å². The number of aromatic nitrogens is 1. The largest absolute Gasteiger partial charge is 0.315 e. The van der Waals surface area contributed by atoms with E-state index in [1.54, 1.807) is 12.3 Å². The van der Waals surface area contributed by atoms with Gasteiger partial charge in [0, 0.05) is 25.1 Å². The molecule has 0 aromatic carbocycles. The lowest BCUT2D eigenvalue weighted by molar-refractivity contribution is -0.131. The highest BCUT2D eigenvalue weighted by Gasteiger charge is 2.43. The fourth-order valence-corrected chi connectivity index (χ4v) is 3.76. The van der Waals surface area contributed by atoms with E-state index in [1.165, 1.54) is 17.0 Å². The minimum Gasteiger partial charge on any atom is -0.315 e. The number of carbonyl (C=O) groups is 1. The zero-order chi connectivity index (χ0) is 18.7. The first-order chi connectivity index (χ1) is 11.7. The average Bonchev–Trinajstić information content (AvgIpc) is 2.59. The summed E-state index contributed by atoms with van der Waals surface area (Å²) in [5.74, 6) is -1.01. The molecule has 0 saturated heterocycles. The second kappa shape index (κ2) is 7.53. The first kappa shape index (κ1) is 19.4. The van der Waals surface area contributed by atoms with Crippen molar-refractivity contribution in [2.45, 2.75) is 50.3 Å². The number of pyridine rings is 1. The van der Waals surface area contributed by atoms with Crippen molar-refractivity contribution in [1.29, 1.82) is 0 Å². The number of hydrogen-bond acceptors (Lipinski definition) is 5. The van der Waals surface area contributed by atoms with Gasteiger partial charge in [0.2, 0.25) is 0 Å². The highest BCUT2D eigenvalue weighted by Crippen LogP contribution is 2.26. The second-order valence-corrected chi connectivity index (χ2v) is 9.06. The van der Waals surface area contributed by atoms with Crippen molar-refractivity contribution in [3.05, 3.63) is 40.3 Å². The van der Waals surface area contributed by atoms with Crippen molar-refractivity contribution in [3.63, 3.8) is 0 Å². The van der Waals surface area contributed by atoms with Crippen LogP contribution in [0.3, 0.4) is 0 Å². The van der Waals surface area contributed by atoms with Crippen LogP contribution in [0.15, 0.2) is 29.2 Å². The molecule has 25 heavy (non-hydrogen) atoms. The van der Waals surface area contributed by atoms with E-state index in [4.69, 9.17) is 5.21 Å². The highest BCUT2D eigenvalue weighted by molar-refractivity contribution is 7.92. The predicted molar refractivity (Wildman–Crippen MR) is 94.9 cm³/mol. The number of carbonyl (C=O) groups excluding carboxylic acids is 1. The molecule has 1 atom stereocenters. The lowest BCUT2D eigenvalue weighted by Crippen LogP contribution is -2.49. The summed E-state index contributed by atoms with van der Waals surface area (Å²) < 4.78 is 23.5. The van der Waals surface area contributed by atoms with Crippen LogP contribution in [-0.4, -0.2) is 35.1 Å². The SMILES string of the molecule is C[C@@](CCn1ccc(C2=CCCCC2)cc1=O)(C(=O)NO)S(C)(=O)=O. The summed E-state index contributed by atoms with van der Waals surface area (Å²) in [6, 6.07) is 3.38. The van der Waals surface area contributed by atoms with Crippen molar-refractivity contribution in [2.75, 3.05) is 6.26 Å². The van der Waals surface area contributed by atoms with Crippen LogP contribution in [0.25, 0.3) is 5.57 Å². The van der Waals surface area contributed by atoms with Crippen molar-refractivity contribution in [3.8, 4) is 0 Å². The van der Waals surface area contributed by atoms with Gasteiger partial charge in [-0.15, -0.1) is 0 Å². The average molecular weight is 368 g/mol. The number of rotatable bonds is 6. The molecule has 1 aromatic heterocycles. The van der Waals surface area contributed by atoms with E-state index < -0.39 is 20.5 Å². The fourth-order valence-electron chi connectivity index (χ4n) is 2.91. The number of hydroxylamine groups is 1. The van der Waals surface area contributed by atoms with E-state index in [9.17, 15) is 18.0 Å². The number of nitrogens with one attached hydrogen (secondary N) is 1. The van der Waals surface area contributed by atoms with Crippen LogP contribution in [0, 0.1) is 0 Å². The molecular weight excluding hydrogens is 344 g/mol. The molecule has 0 saturated carbocycles. The first-order valence-corrected chi connectivity index (χ1v) is 10.1. The molecule has 0 spiro atoms. The summed E-state index contributed by atoms with van der Waals surface area (Å²) >= 11 is 0. The van der Waals surface area contributed by atoms with Crippen LogP contribution in [0.5, 0.6) is 0 Å². The minimum atomic E-state index is -3.78. The zero-order valence-corrected chi connectivity index (χ0v) is 15.3. The Morgan fingerprint density at radius 1 is 1.40 bits per heavy atom. The molecule has 138 valence electrons. The number of amides is 1. The monoisotopic (exact) mass is 368 g/mol. The minimum absolute atomic E-state index is 0.0507. The van der Waals surface area contributed by atoms with Gasteiger partial charge in [0.05, 0.1) is 0 Å². The Morgan fingerprint density at radius 2 is 2.12 bits per heavy atom. The third-order valence-electron chi connectivity index (χ3n) is 4.89. The van der Waals surface area contributed by atoms with Crippen molar-refractivity contribution in [2.24, 2.45) is 0 Å². The smallest absolute Gasteiger partial charge is 0.264 e. The van der Waals surface area contributed by atoms with Crippen LogP contribution in [-0.2, 0) is 21.2 Å². The van der Waals surface area contributed by atoms with E-state index in [0.29, 0.717) is 0 Å². The molecule has 1 heterocycles. The van der Waals surface area contributed by atoms with Gasteiger partial charge in [-0.3, -0.25) is 14.8 Å². The Kier molecular flexibility index (Phi) is 5.84. The van der Waals surface area contributed by atoms with Crippen LogP contribution >= 0.6 is 0 Å². The van der Waals surface area contributed by atoms with Crippen LogP contribution in [0.2, 0.25) is 0 Å². The quantitative estimate of drug-likeness (QED) is 0.585. The van der Waals surface area contributed by atoms with Crippen molar-refractivity contribution in [1.82, 2.24) is 10.0 Å². The zero-order valence-electron chi connectivity index (χ0n) is 14.5. The Bertz CT molecular complexity index is 841. The lowest BCUT2D eigenvalue weighted by atomic mass is 9.94. The summed E-state index contributed by atoms with van der Waals surface area (Å²) in [6.45, 7) is 1.29. The third-order valence-corrected chi connectivity index (χ3v) is 6.91. The molecular formula is C17H24N2O5S. The summed E-state index contributed by atoms with van der Waals surface area (Å²) in [5.41, 5.74) is 3.21. The van der Waals surface area contributed by atoms with Crippen LogP contribution in [0.1, 0.15) is 44.6 Å². The molecule has 8 heteroatoms. The third kappa shape index (κ3) is 4.19. The summed E-state index contributed by atoms with van der Waals surface area (Å²) in [6.07, 6.45) is 8.81. The van der Waals surface area contributed by atoms with Gasteiger partial charge in [0.15, 0.2) is 14.6 Å². The molecule has 1 aliphatic carbocycles. The predicted octanol–water partition coefficient (Wildman–Crippen LogP) is 1.50. The van der Waals surface area contributed by atoms with E-state index in [0.717, 1.165) is 43.1 Å². The Hall–Kier alpha value is -1.93. The second-order valence-electron chi connectivity index (χ2n) is 6.62. The Labute approximate surface area is 147 Å². The topological polar surface area (TPSA) is 105 Å². The van der Waals surface area contributed by atoms with Gasteiger partial charge in [-0.05, 0) is 56.2 Å². The Morgan fingerprint density at radius 3 is 2.64 bits per heavy atom. The van der Waals surface area contributed by atoms with Gasteiger partial charge < -0.3 is 4.57 Å². The number of hydrogen-bond donors (Lipinski definition) is 2. The fraction of sp³-hybridized carbons (Fsp3) is 0.529. The Balaban J connectivity index is 2.21. The standard InChI is InChI=1S/C17H24N2O5S/c1-17(16(21)18-22,25(2,23)24)9-11-19-10-8-14(12-15(19)20)13-6-4-3-5-7-13/h6,8,10,12,22H,3-5,7,9,11H2,1-2H3,(H,18,21)/t17-/m1/s1. The van der Waals surface area contributed by atoms with E-state index in [2.05, 4.69) is 6.08 Å². The maximum Gasteiger partial charge on any atom is 0.264 e. The van der Waals surface area contributed by atoms with E-state index in [1.807, 2.05) is 6.07 Å². The summed E-state index contributed by atoms with van der Waals surface area (Å²) in [7, 11) is -3.78. The summed E-state index contributed by atoms with van der Waals surface area (Å²) in [4.78, 5) is 24.1. The molecule has 0 unspecified atom stereocenters. The normalized spacial score (nSPS) is 17.5. The number of nitrogens with zero attached hydrogens (tertiary/aromatic N) is 1. The molecule has 1 aromatic rings. The van der Waals surface area contributed by atoms with Gasteiger partial charge in [-0.2, -0.15) is 0 Å². The van der Waals surface area contributed by atoms with Crippen molar-refractivity contribution >= 4 is 21.3 Å². The van der Waals surface area contributed by atoms with Crippen molar-refractivity contribution < 1.29 is 18.4 Å². The van der Waals surface area contributed by atoms with Crippen LogP contribution < -0.4 is 11.0 Å². The van der Waals surface area contributed by atoms with Gasteiger partial charge in [-0.1, -0.05) is 6.08 Å². The molecule has 2 N–H and O–H groups in total. The van der Waals surface area contributed by atoms with Gasteiger partial charge in [0.25, 0.3) is 11.5 Å². The molecule has 0 fully saturated rings. The van der Waals surface area contributed by atoms with Gasteiger partial charge in [0.1, 0.15) is 0 Å².